The van der Waals surface area contributed by atoms with Crippen LogP contribution in [-0.4, -0.2) is 44.3 Å². The monoisotopic (exact) mass is 412 g/mol. The molecule has 1 spiro atoms. The summed E-state index contributed by atoms with van der Waals surface area (Å²) in [6.45, 7) is 3.27. The Labute approximate surface area is 173 Å². The molecular formula is C21H24N4O5. The van der Waals surface area contributed by atoms with Crippen molar-refractivity contribution in [3.05, 3.63) is 46.0 Å². The maximum Gasteiger partial charge on any atom is 0.326 e. The van der Waals surface area contributed by atoms with Gasteiger partial charge in [0.05, 0.1) is 5.69 Å². The summed E-state index contributed by atoms with van der Waals surface area (Å²) < 4.78 is 6.61. The highest BCUT2D eigenvalue weighted by atomic mass is 16.5. The highest BCUT2D eigenvalue weighted by Crippen LogP contribution is 2.36. The number of nitrogens with zero attached hydrogens (tertiary/aromatic N) is 3. The first kappa shape index (κ1) is 20.1. The Hall–Kier alpha value is -3.23. The van der Waals surface area contributed by atoms with Gasteiger partial charge in [-0.1, -0.05) is 13.0 Å². The highest BCUT2D eigenvalue weighted by molar-refractivity contribution is 6.08. The molecule has 30 heavy (non-hydrogen) atoms. The molecule has 158 valence electrons. The fourth-order valence-corrected chi connectivity index (χ4v) is 4.13. The maximum absolute atomic E-state index is 12.8. The molecule has 1 saturated heterocycles. The second kappa shape index (κ2) is 7.55. The van der Waals surface area contributed by atoms with Gasteiger partial charge in [0.2, 0.25) is 0 Å². The predicted molar refractivity (Wildman–Crippen MR) is 107 cm³/mol. The summed E-state index contributed by atoms with van der Waals surface area (Å²) in [6, 6.07) is 4.31. The normalized spacial score (nSPS) is 23.8. The van der Waals surface area contributed by atoms with Crippen LogP contribution in [0.25, 0.3) is 5.65 Å². The number of pyridine rings is 1. The van der Waals surface area contributed by atoms with E-state index in [-0.39, 0.29) is 18.1 Å². The van der Waals surface area contributed by atoms with Crippen molar-refractivity contribution >= 4 is 23.6 Å². The van der Waals surface area contributed by atoms with Gasteiger partial charge in [0, 0.05) is 12.3 Å². The van der Waals surface area contributed by atoms with Gasteiger partial charge in [-0.2, -0.15) is 0 Å². The molecule has 0 aromatic carbocycles. The van der Waals surface area contributed by atoms with Gasteiger partial charge in [0.15, 0.2) is 0 Å². The van der Waals surface area contributed by atoms with E-state index in [2.05, 4.69) is 17.2 Å². The van der Waals surface area contributed by atoms with E-state index >= 15 is 0 Å². The second-order valence-electron chi connectivity index (χ2n) is 8.22. The molecule has 0 unspecified atom stereocenters. The minimum Gasteiger partial charge on any atom is -0.458 e. The van der Waals surface area contributed by atoms with E-state index < -0.39 is 24.1 Å². The van der Waals surface area contributed by atoms with Crippen molar-refractivity contribution < 1.29 is 19.1 Å². The summed E-state index contributed by atoms with van der Waals surface area (Å²) in [6.07, 6.45) is 4.48. The number of rotatable bonds is 4. The molecule has 3 heterocycles. The lowest BCUT2D eigenvalue weighted by atomic mass is 9.77. The van der Waals surface area contributed by atoms with Gasteiger partial charge in [-0.3, -0.25) is 23.7 Å². The van der Waals surface area contributed by atoms with Crippen LogP contribution in [-0.2, 0) is 20.9 Å². The summed E-state index contributed by atoms with van der Waals surface area (Å²) in [7, 11) is 0. The van der Waals surface area contributed by atoms with Crippen LogP contribution < -0.4 is 10.9 Å². The number of urea groups is 1. The van der Waals surface area contributed by atoms with Crippen LogP contribution in [0.2, 0.25) is 0 Å². The zero-order valence-corrected chi connectivity index (χ0v) is 17.0. The van der Waals surface area contributed by atoms with Gasteiger partial charge in [0.25, 0.3) is 11.5 Å². The molecular weight excluding hydrogens is 388 g/mol. The van der Waals surface area contributed by atoms with Crippen LogP contribution >= 0.6 is 0 Å². The van der Waals surface area contributed by atoms with E-state index in [0.29, 0.717) is 30.1 Å². The molecule has 2 aromatic rings. The van der Waals surface area contributed by atoms with Crippen LogP contribution in [0, 0.1) is 12.8 Å². The molecule has 9 heteroatoms. The number of hydrogen-bond acceptors (Lipinski definition) is 6. The van der Waals surface area contributed by atoms with Crippen molar-refractivity contribution in [1.29, 1.82) is 0 Å². The molecule has 9 nitrogen and oxygen atoms in total. The van der Waals surface area contributed by atoms with Crippen molar-refractivity contribution in [2.75, 3.05) is 6.54 Å². The van der Waals surface area contributed by atoms with Crippen LogP contribution in [0.5, 0.6) is 0 Å². The van der Waals surface area contributed by atoms with Gasteiger partial charge in [-0.15, -0.1) is 0 Å². The van der Waals surface area contributed by atoms with Crippen LogP contribution in [0.1, 0.15) is 43.9 Å². The maximum atomic E-state index is 12.8. The van der Waals surface area contributed by atoms with E-state index in [1.165, 1.54) is 10.5 Å². The third kappa shape index (κ3) is 3.55. The molecule has 0 atom stereocenters. The minimum absolute atomic E-state index is 0.217. The molecule has 3 amide bonds. The Morgan fingerprint density at radius 3 is 2.77 bits per heavy atom. The SMILES string of the molecule is Cc1cccn2c(=O)cc(COC(=O)CN3C(=O)NC4(CCC(C)CC4)C3=O)nc12. The summed E-state index contributed by atoms with van der Waals surface area (Å²) in [4.78, 5) is 54.9. The standard InChI is InChI=1S/C21H24N4O5/c1-13-5-7-21(8-6-13)19(28)25(20(29)23-21)11-17(27)30-12-15-10-16(26)24-9-3-4-14(2)18(24)22-15/h3-4,9-10,13H,5-8,11-12H2,1-2H3,(H,23,29). The number of ether oxygens (including phenoxy) is 1. The van der Waals surface area contributed by atoms with Gasteiger partial charge in [-0.05, 0) is 50.2 Å². The molecule has 2 aromatic heterocycles. The van der Waals surface area contributed by atoms with E-state index in [4.69, 9.17) is 4.74 Å². The molecule has 0 bridgehead atoms. The fraction of sp³-hybridized carbons (Fsp3) is 0.476. The van der Waals surface area contributed by atoms with Crippen LogP contribution in [0.3, 0.4) is 0 Å². The number of esters is 1. The van der Waals surface area contributed by atoms with Crippen molar-refractivity contribution in [2.45, 2.75) is 51.7 Å². The fourth-order valence-electron chi connectivity index (χ4n) is 4.13. The van der Waals surface area contributed by atoms with Crippen molar-refractivity contribution in [3.63, 3.8) is 0 Å². The number of fused-ring (bicyclic) bond motifs is 1. The van der Waals surface area contributed by atoms with Crippen LogP contribution in [0.15, 0.2) is 29.2 Å². The minimum atomic E-state index is -0.893. The Balaban J connectivity index is 1.41. The number of carbonyl (C=O) groups excluding carboxylic acids is 3. The third-order valence-corrected chi connectivity index (χ3v) is 5.98. The largest absolute Gasteiger partial charge is 0.458 e. The molecule has 1 N–H and O–H groups in total. The summed E-state index contributed by atoms with van der Waals surface area (Å²) in [5.74, 6) is -0.581. The average Bonchev–Trinajstić information content (AvgIpc) is 2.94. The zero-order valence-electron chi connectivity index (χ0n) is 17.0. The van der Waals surface area contributed by atoms with Crippen molar-refractivity contribution in [3.8, 4) is 0 Å². The number of nitrogens with one attached hydrogen (secondary N) is 1. The zero-order chi connectivity index (χ0) is 21.5. The topological polar surface area (TPSA) is 110 Å². The number of imide groups is 1. The average molecular weight is 412 g/mol. The summed E-state index contributed by atoms with van der Waals surface area (Å²) in [5.41, 5.74) is 0.429. The van der Waals surface area contributed by atoms with Crippen molar-refractivity contribution in [2.24, 2.45) is 5.92 Å². The lowest BCUT2D eigenvalue weighted by Gasteiger charge is -2.33. The predicted octanol–water partition coefficient (Wildman–Crippen LogP) is 1.55. The second-order valence-corrected chi connectivity index (χ2v) is 8.22. The Bertz CT molecular complexity index is 1080. The Morgan fingerprint density at radius 2 is 2.03 bits per heavy atom. The molecule has 2 fully saturated rings. The molecule has 1 aliphatic carbocycles. The number of carbonyl (C=O) groups is 3. The molecule has 2 aliphatic rings. The molecule has 0 radical (unpaired) electrons. The first-order valence-corrected chi connectivity index (χ1v) is 10.1. The van der Waals surface area contributed by atoms with E-state index in [1.54, 1.807) is 12.3 Å². The van der Waals surface area contributed by atoms with Gasteiger partial charge < -0.3 is 10.1 Å². The molecule has 4 rings (SSSR count). The number of hydrogen-bond donors (Lipinski definition) is 1. The molecule has 1 saturated carbocycles. The van der Waals surface area contributed by atoms with Crippen LogP contribution in [0.4, 0.5) is 4.79 Å². The summed E-state index contributed by atoms with van der Waals surface area (Å²) >= 11 is 0. The third-order valence-electron chi connectivity index (χ3n) is 5.98. The number of aryl methyl sites for hydroxylation is 1. The van der Waals surface area contributed by atoms with E-state index in [1.807, 2.05) is 13.0 Å². The first-order chi connectivity index (χ1) is 14.3. The Kier molecular flexibility index (Phi) is 5.05. The Morgan fingerprint density at radius 1 is 1.30 bits per heavy atom. The lowest BCUT2D eigenvalue weighted by molar-refractivity contribution is -0.149. The van der Waals surface area contributed by atoms with Gasteiger partial charge in [0.1, 0.15) is 24.3 Å². The number of aromatic nitrogens is 2. The van der Waals surface area contributed by atoms with E-state index in [0.717, 1.165) is 23.3 Å². The number of amides is 3. The van der Waals surface area contributed by atoms with Gasteiger partial charge in [-0.25, -0.2) is 9.78 Å². The molecule has 1 aliphatic heterocycles. The summed E-state index contributed by atoms with van der Waals surface area (Å²) in [5, 5.41) is 2.78. The lowest BCUT2D eigenvalue weighted by Crippen LogP contribution is -2.49. The first-order valence-electron chi connectivity index (χ1n) is 10.1. The van der Waals surface area contributed by atoms with Gasteiger partial charge >= 0.3 is 12.0 Å². The van der Waals surface area contributed by atoms with E-state index in [9.17, 15) is 19.2 Å². The highest BCUT2D eigenvalue weighted by Gasteiger charge is 2.52. The smallest absolute Gasteiger partial charge is 0.326 e. The van der Waals surface area contributed by atoms with Crippen molar-refractivity contribution in [1.82, 2.24) is 19.6 Å². The quantitative estimate of drug-likeness (QED) is 0.603.